The van der Waals surface area contributed by atoms with Crippen LogP contribution < -0.4 is 10.2 Å². The van der Waals surface area contributed by atoms with Crippen LogP contribution in [0.1, 0.15) is 32.3 Å². The largest absolute Gasteiger partial charge is 0.322 e. The first kappa shape index (κ1) is 16.4. The van der Waals surface area contributed by atoms with E-state index in [2.05, 4.69) is 17.1 Å². The molecule has 6 nitrogen and oxygen atoms in total. The molecule has 3 aliphatic rings. The molecule has 0 radical (unpaired) electrons. The number of carbonyl (C=O) groups is 2. The van der Waals surface area contributed by atoms with Gasteiger partial charge in [0.2, 0.25) is 5.91 Å². The van der Waals surface area contributed by atoms with Crippen LogP contribution in [-0.4, -0.2) is 60.0 Å². The lowest BCUT2D eigenvalue weighted by Crippen LogP contribution is -2.57. The molecule has 25 heavy (non-hydrogen) atoms. The fraction of sp³-hybridized carbons (Fsp3) is 0.579. The standard InChI is InChI=1S/C19H26N4O2/c1-13-11-21-8-3-4-17(21)12-23(13)19(25)20-16-5-6-18-15(10-16)7-9-22(18)14(2)24/h5-6,10,13,17H,3-4,7-9,11-12H2,1-2H3,(H,20,25)/t13-,17-/m0/s1. The van der Waals surface area contributed by atoms with Crippen molar-refractivity contribution >= 4 is 23.3 Å². The number of hydrogen-bond acceptors (Lipinski definition) is 3. The number of carbonyl (C=O) groups excluding carboxylic acids is 2. The first-order valence-electron chi connectivity index (χ1n) is 9.25. The first-order chi connectivity index (χ1) is 12.0. The number of nitrogens with one attached hydrogen (secondary N) is 1. The monoisotopic (exact) mass is 342 g/mol. The maximum atomic E-state index is 12.8. The lowest BCUT2D eigenvalue weighted by Gasteiger charge is -2.42. The number of rotatable bonds is 1. The van der Waals surface area contributed by atoms with Crippen LogP contribution in [0.4, 0.5) is 16.2 Å². The molecule has 3 heterocycles. The molecule has 3 aliphatic heterocycles. The topological polar surface area (TPSA) is 55.9 Å². The lowest BCUT2D eigenvalue weighted by molar-refractivity contribution is -0.116. The Morgan fingerprint density at radius 1 is 1.20 bits per heavy atom. The van der Waals surface area contributed by atoms with Gasteiger partial charge in [-0.2, -0.15) is 0 Å². The summed E-state index contributed by atoms with van der Waals surface area (Å²) in [6.07, 6.45) is 3.27. The zero-order valence-electron chi connectivity index (χ0n) is 15.0. The van der Waals surface area contributed by atoms with Crippen molar-refractivity contribution in [1.29, 1.82) is 0 Å². The fourth-order valence-electron chi connectivity index (χ4n) is 4.47. The molecule has 0 saturated carbocycles. The Kier molecular flexibility index (Phi) is 4.15. The van der Waals surface area contributed by atoms with Crippen molar-refractivity contribution in [2.45, 2.75) is 45.2 Å². The van der Waals surface area contributed by atoms with Gasteiger partial charge in [-0.25, -0.2) is 4.79 Å². The van der Waals surface area contributed by atoms with E-state index in [0.717, 1.165) is 43.0 Å². The highest BCUT2D eigenvalue weighted by Gasteiger charge is 2.36. The number of benzene rings is 1. The van der Waals surface area contributed by atoms with E-state index in [4.69, 9.17) is 0 Å². The summed E-state index contributed by atoms with van der Waals surface area (Å²) in [6.45, 7) is 7.40. The van der Waals surface area contributed by atoms with Gasteiger partial charge in [0.25, 0.3) is 0 Å². The van der Waals surface area contributed by atoms with Crippen molar-refractivity contribution in [3.05, 3.63) is 23.8 Å². The third-order valence-corrected chi connectivity index (χ3v) is 5.80. The summed E-state index contributed by atoms with van der Waals surface area (Å²) in [5.74, 6) is 0.0683. The minimum atomic E-state index is -0.0135. The van der Waals surface area contributed by atoms with E-state index in [0.29, 0.717) is 6.04 Å². The van der Waals surface area contributed by atoms with E-state index in [9.17, 15) is 9.59 Å². The van der Waals surface area contributed by atoms with E-state index < -0.39 is 0 Å². The molecule has 1 N–H and O–H groups in total. The smallest absolute Gasteiger partial charge is 0.319 e. The van der Waals surface area contributed by atoms with Gasteiger partial charge in [-0.15, -0.1) is 0 Å². The molecule has 0 unspecified atom stereocenters. The van der Waals surface area contributed by atoms with E-state index >= 15 is 0 Å². The van der Waals surface area contributed by atoms with Crippen LogP contribution in [-0.2, 0) is 11.2 Å². The Morgan fingerprint density at radius 2 is 2.04 bits per heavy atom. The summed E-state index contributed by atoms with van der Waals surface area (Å²) < 4.78 is 0. The normalized spacial score (nSPS) is 25.7. The van der Waals surface area contributed by atoms with Crippen LogP contribution in [0.5, 0.6) is 0 Å². The number of amides is 3. The van der Waals surface area contributed by atoms with Crippen molar-refractivity contribution in [2.75, 3.05) is 36.4 Å². The SMILES string of the molecule is CC(=O)N1CCc2cc(NC(=O)N3C[C@@H]4CCCN4C[C@@H]3C)ccc21. The molecule has 0 aromatic heterocycles. The fourth-order valence-corrected chi connectivity index (χ4v) is 4.47. The average Bonchev–Trinajstić information content (AvgIpc) is 3.19. The zero-order chi connectivity index (χ0) is 17.6. The molecule has 1 aromatic rings. The third kappa shape index (κ3) is 2.99. The molecule has 0 bridgehead atoms. The lowest BCUT2D eigenvalue weighted by atomic mass is 10.1. The van der Waals surface area contributed by atoms with Gasteiger partial charge in [0, 0.05) is 50.0 Å². The molecular weight excluding hydrogens is 316 g/mol. The maximum absolute atomic E-state index is 12.8. The number of nitrogens with zero attached hydrogens (tertiary/aromatic N) is 3. The number of urea groups is 1. The number of anilines is 2. The second-order valence-electron chi connectivity index (χ2n) is 7.49. The van der Waals surface area contributed by atoms with E-state index in [1.54, 1.807) is 11.8 Å². The summed E-state index contributed by atoms with van der Waals surface area (Å²) >= 11 is 0. The van der Waals surface area contributed by atoms with Crippen LogP contribution in [0, 0.1) is 0 Å². The highest BCUT2D eigenvalue weighted by Crippen LogP contribution is 2.31. The Balaban J connectivity index is 1.45. The summed E-state index contributed by atoms with van der Waals surface area (Å²) in [6, 6.07) is 6.59. The van der Waals surface area contributed by atoms with Gasteiger partial charge in [0.15, 0.2) is 0 Å². The summed E-state index contributed by atoms with van der Waals surface area (Å²) in [4.78, 5) is 30.7. The minimum absolute atomic E-state index is 0.0135. The maximum Gasteiger partial charge on any atom is 0.322 e. The van der Waals surface area contributed by atoms with Crippen molar-refractivity contribution < 1.29 is 9.59 Å². The molecule has 4 rings (SSSR count). The van der Waals surface area contributed by atoms with Gasteiger partial charge in [0.1, 0.15) is 0 Å². The second-order valence-corrected chi connectivity index (χ2v) is 7.49. The highest BCUT2D eigenvalue weighted by atomic mass is 16.2. The number of fused-ring (bicyclic) bond motifs is 2. The van der Waals surface area contributed by atoms with E-state index in [1.165, 1.54) is 19.4 Å². The predicted molar refractivity (Wildman–Crippen MR) is 98.0 cm³/mol. The van der Waals surface area contributed by atoms with Crippen molar-refractivity contribution in [1.82, 2.24) is 9.80 Å². The Hall–Kier alpha value is -2.08. The molecule has 2 saturated heterocycles. The van der Waals surface area contributed by atoms with Gasteiger partial charge in [0.05, 0.1) is 0 Å². The van der Waals surface area contributed by atoms with E-state index in [-0.39, 0.29) is 18.0 Å². The van der Waals surface area contributed by atoms with Crippen LogP contribution in [0.25, 0.3) is 0 Å². The molecule has 2 fully saturated rings. The van der Waals surface area contributed by atoms with Crippen LogP contribution in [0.15, 0.2) is 18.2 Å². The molecule has 1 aromatic carbocycles. The molecule has 0 aliphatic carbocycles. The molecule has 134 valence electrons. The summed E-state index contributed by atoms with van der Waals surface area (Å²) in [7, 11) is 0. The number of hydrogen-bond donors (Lipinski definition) is 1. The molecule has 2 atom stereocenters. The van der Waals surface area contributed by atoms with Gasteiger partial charge < -0.3 is 15.1 Å². The zero-order valence-corrected chi connectivity index (χ0v) is 15.0. The minimum Gasteiger partial charge on any atom is -0.319 e. The second kappa shape index (κ2) is 6.33. The quantitative estimate of drug-likeness (QED) is 0.852. The summed E-state index contributed by atoms with van der Waals surface area (Å²) in [5, 5.41) is 3.06. The van der Waals surface area contributed by atoms with Crippen molar-refractivity contribution in [3.63, 3.8) is 0 Å². The molecular formula is C19H26N4O2. The Bertz CT molecular complexity index is 705. The van der Waals surface area contributed by atoms with Crippen molar-refractivity contribution in [2.24, 2.45) is 0 Å². The summed E-state index contributed by atoms with van der Waals surface area (Å²) in [5.41, 5.74) is 2.91. The Labute approximate surface area is 148 Å². The highest BCUT2D eigenvalue weighted by molar-refractivity contribution is 5.95. The third-order valence-electron chi connectivity index (χ3n) is 5.80. The predicted octanol–water partition coefficient (Wildman–Crippen LogP) is 2.30. The van der Waals surface area contributed by atoms with Gasteiger partial charge in [-0.3, -0.25) is 9.69 Å². The number of piperazine rings is 1. The van der Waals surface area contributed by atoms with Crippen LogP contribution in [0.2, 0.25) is 0 Å². The van der Waals surface area contributed by atoms with E-state index in [1.807, 2.05) is 23.1 Å². The van der Waals surface area contributed by atoms with Crippen LogP contribution >= 0.6 is 0 Å². The molecule has 0 spiro atoms. The Morgan fingerprint density at radius 3 is 2.84 bits per heavy atom. The molecule has 3 amide bonds. The molecule has 6 heteroatoms. The van der Waals surface area contributed by atoms with Gasteiger partial charge in [-0.05, 0) is 56.5 Å². The average molecular weight is 342 g/mol. The van der Waals surface area contributed by atoms with Gasteiger partial charge in [-0.1, -0.05) is 0 Å². The first-order valence-corrected chi connectivity index (χ1v) is 9.25. The van der Waals surface area contributed by atoms with Gasteiger partial charge >= 0.3 is 6.03 Å². The van der Waals surface area contributed by atoms with Crippen molar-refractivity contribution in [3.8, 4) is 0 Å². The van der Waals surface area contributed by atoms with Crippen LogP contribution in [0.3, 0.4) is 0 Å².